The monoisotopic (exact) mass is 273 g/mol. The molecule has 0 heterocycles. The van der Waals surface area contributed by atoms with Crippen LogP contribution in [0.1, 0.15) is 79.1 Å². The van der Waals surface area contributed by atoms with Gasteiger partial charge in [0.2, 0.25) is 0 Å². The van der Waals surface area contributed by atoms with Crippen LogP contribution in [-0.2, 0) is 4.74 Å². The largest absolute Gasteiger partial charge is 0.381 e. The van der Waals surface area contributed by atoms with E-state index in [0.717, 1.165) is 13.2 Å². The molecule has 2 nitrogen and oxygen atoms in total. The quantitative estimate of drug-likeness (QED) is 0.457. The van der Waals surface area contributed by atoms with Gasteiger partial charge >= 0.3 is 0 Å². The van der Waals surface area contributed by atoms with Gasteiger partial charge in [-0.2, -0.15) is 0 Å². The molecule has 0 aromatic carbocycles. The van der Waals surface area contributed by atoms with Gasteiger partial charge in [0.1, 0.15) is 0 Å². The lowest BCUT2D eigenvalue weighted by molar-refractivity contribution is 0.128. The van der Waals surface area contributed by atoms with E-state index < -0.39 is 0 Å². The zero-order valence-electron chi connectivity index (χ0n) is 14.3. The molecule has 0 aromatic heterocycles. The summed E-state index contributed by atoms with van der Waals surface area (Å²) in [6, 6.07) is 0. The van der Waals surface area contributed by atoms with Gasteiger partial charge in [0.25, 0.3) is 0 Å². The molecule has 0 saturated heterocycles. The molecule has 0 atom stereocenters. The number of unbranched alkanes of at least 4 members (excludes halogenated alkanes) is 4. The summed E-state index contributed by atoms with van der Waals surface area (Å²) in [5, 5.41) is 0. The van der Waals surface area contributed by atoms with Crippen molar-refractivity contribution in [1.82, 2.24) is 4.90 Å². The van der Waals surface area contributed by atoms with Gasteiger partial charge in [0.05, 0.1) is 0 Å². The molecule has 0 unspecified atom stereocenters. The molecule has 0 bridgehead atoms. The SMILES string of the molecule is CCCCN(C)CCCC.CCCCOCCCC. The number of rotatable bonds is 12. The van der Waals surface area contributed by atoms with E-state index in [0.29, 0.717) is 0 Å². The number of nitrogens with zero attached hydrogens (tertiary/aromatic N) is 1. The van der Waals surface area contributed by atoms with Crippen LogP contribution >= 0.6 is 0 Å². The van der Waals surface area contributed by atoms with Crippen molar-refractivity contribution in [2.24, 2.45) is 0 Å². The summed E-state index contributed by atoms with van der Waals surface area (Å²) in [7, 11) is 2.21. The highest BCUT2D eigenvalue weighted by Crippen LogP contribution is 1.94. The molecule has 118 valence electrons. The van der Waals surface area contributed by atoms with E-state index in [-0.39, 0.29) is 0 Å². The summed E-state index contributed by atoms with van der Waals surface area (Å²) < 4.78 is 5.31. The molecular formula is C17H39NO. The first-order valence-electron chi connectivity index (χ1n) is 8.49. The Morgan fingerprint density at radius 2 is 1.00 bits per heavy atom. The maximum absolute atomic E-state index is 5.31. The minimum Gasteiger partial charge on any atom is -0.381 e. The molecule has 0 aromatic rings. The van der Waals surface area contributed by atoms with Crippen LogP contribution in [-0.4, -0.2) is 38.3 Å². The molecule has 0 spiro atoms. The standard InChI is InChI=1S/C9H21N.C8H18O/c1-4-6-8-10(3)9-7-5-2;1-3-5-7-9-8-6-4-2/h4-9H2,1-3H3;3-8H2,1-2H3. The molecule has 0 aliphatic carbocycles. The molecular weight excluding hydrogens is 234 g/mol. The lowest BCUT2D eigenvalue weighted by Gasteiger charge is -2.14. The van der Waals surface area contributed by atoms with Gasteiger partial charge in [0, 0.05) is 13.2 Å². The normalized spacial score (nSPS) is 10.4. The third-order valence-electron chi connectivity index (χ3n) is 3.07. The Hall–Kier alpha value is -0.0800. The van der Waals surface area contributed by atoms with Gasteiger partial charge < -0.3 is 9.64 Å². The summed E-state index contributed by atoms with van der Waals surface area (Å²) in [5.74, 6) is 0. The fourth-order valence-corrected chi connectivity index (χ4v) is 1.56. The van der Waals surface area contributed by atoms with Crippen LogP contribution in [0, 0.1) is 0 Å². The van der Waals surface area contributed by atoms with Crippen LogP contribution in [0.2, 0.25) is 0 Å². The van der Waals surface area contributed by atoms with Gasteiger partial charge in [-0.3, -0.25) is 0 Å². The number of hydrogen-bond acceptors (Lipinski definition) is 2. The van der Waals surface area contributed by atoms with Crippen molar-refractivity contribution in [3.05, 3.63) is 0 Å². The lowest BCUT2D eigenvalue weighted by Crippen LogP contribution is -2.20. The van der Waals surface area contributed by atoms with Crippen molar-refractivity contribution in [3.8, 4) is 0 Å². The maximum atomic E-state index is 5.31. The first-order valence-corrected chi connectivity index (χ1v) is 8.49. The smallest absolute Gasteiger partial charge is 0.0465 e. The predicted molar refractivity (Wildman–Crippen MR) is 87.9 cm³/mol. The van der Waals surface area contributed by atoms with Crippen LogP contribution in [0.15, 0.2) is 0 Å². The second kappa shape index (κ2) is 20.2. The molecule has 0 rings (SSSR count). The Morgan fingerprint density at radius 1 is 0.632 bits per heavy atom. The average molecular weight is 274 g/mol. The summed E-state index contributed by atoms with van der Waals surface area (Å²) in [4.78, 5) is 2.42. The van der Waals surface area contributed by atoms with E-state index in [4.69, 9.17) is 4.74 Å². The van der Waals surface area contributed by atoms with Crippen molar-refractivity contribution >= 4 is 0 Å². The van der Waals surface area contributed by atoms with Gasteiger partial charge in [0.15, 0.2) is 0 Å². The first-order chi connectivity index (χ1) is 9.22. The lowest BCUT2D eigenvalue weighted by atomic mass is 10.3. The Balaban J connectivity index is 0. The van der Waals surface area contributed by atoms with Gasteiger partial charge in [-0.15, -0.1) is 0 Å². The minimum atomic E-state index is 0.955. The van der Waals surface area contributed by atoms with E-state index in [9.17, 15) is 0 Å². The Labute approximate surface area is 122 Å². The van der Waals surface area contributed by atoms with E-state index >= 15 is 0 Å². The molecule has 0 aliphatic rings. The van der Waals surface area contributed by atoms with Crippen molar-refractivity contribution in [1.29, 1.82) is 0 Å². The Kier molecular flexibility index (Phi) is 22.6. The van der Waals surface area contributed by atoms with Crippen molar-refractivity contribution in [2.75, 3.05) is 33.4 Å². The topological polar surface area (TPSA) is 12.5 Å². The summed E-state index contributed by atoms with van der Waals surface area (Å²) in [6.45, 7) is 13.3. The van der Waals surface area contributed by atoms with Gasteiger partial charge in [-0.1, -0.05) is 53.4 Å². The second-order valence-corrected chi connectivity index (χ2v) is 5.33. The molecule has 0 N–H and O–H groups in total. The van der Waals surface area contributed by atoms with Crippen molar-refractivity contribution in [3.63, 3.8) is 0 Å². The fraction of sp³-hybridized carbons (Fsp3) is 1.00. The Bertz CT molecular complexity index is 125. The van der Waals surface area contributed by atoms with E-state index in [2.05, 4.69) is 39.6 Å². The zero-order valence-corrected chi connectivity index (χ0v) is 14.3. The van der Waals surface area contributed by atoms with Crippen LogP contribution in [0.3, 0.4) is 0 Å². The number of hydrogen-bond donors (Lipinski definition) is 0. The summed E-state index contributed by atoms with van der Waals surface area (Å²) >= 11 is 0. The Morgan fingerprint density at radius 3 is 1.32 bits per heavy atom. The van der Waals surface area contributed by atoms with E-state index in [1.807, 2.05) is 0 Å². The van der Waals surface area contributed by atoms with Crippen LogP contribution in [0.5, 0.6) is 0 Å². The number of ether oxygens (including phenoxy) is 1. The van der Waals surface area contributed by atoms with Crippen LogP contribution in [0.4, 0.5) is 0 Å². The molecule has 2 heteroatoms. The third kappa shape index (κ3) is 23.4. The molecule has 0 aliphatic heterocycles. The van der Waals surface area contributed by atoms with Crippen LogP contribution in [0.25, 0.3) is 0 Å². The third-order valence-corrected chi connectivity index (χ3v) is 3.07. The van der Waals surface area contributed by atoms with Crippen molar-refractivity contribution in [2.45, 2.75) is 79.1 Å². The van der Waals surface area contributed by atoms with Crippen molar-refractivity contribution < 1.29 is 4.74 Å². The molecule has 0 radical (unpaired) electrons. The first kappa shape index (κ1) is 21.2. The summed E-state index contributed by atoms with van der Waals surface area (Å²) in [5.41, 5.74) is 0. The minimum absolute atomic E-state index is 0.955. The van der Waals surface area contributed by atoms with Gasteiger partial charge in [-0.05, 0) is 45.8 Å². The average Bonchev–Trinajstić information content (AvgIpc) is 2.43. The highest BCUT2D eigenvalue weighted by Gasteiger charge is 1.94. The molecule has 0 fully saturated rings. The molecule has 19 heavy (non-hydrogen) atoms. The summed E-state index contributed by atoms with van der Waals surface area (Å²) in [6.07, 6.45) is 10.2. The van der Waals surface area contributed by atoms with Crippen LogP contribution < -0.4 is 0 Å². The predicted octanol–water partition coefficient (Wildman–Crippen LogP) is 5.12. The molecule has 0 saturated carbocycles. The fourth-order valence-electron chi connectivity index (χ4n) is 1.56. The van der Waals surface area contributed by atoms with Gasteiger partial charge in [-0.25, -0.2) is 0 Å². The highest BCUT2D eigenvalue weighted by molar-refractivity contribution is 4.49. The highest BCUT2D eigenvalue weighted by atomic mass is 16.5. The maximum Gasteiger partial charge on any atom is 0.0465 e. The second-order valence-electron chi connectivity index (χ2n) is 5.33. The van der Waals surface area contributed by atoms with E-state index in [1.165, 1.54) is 64.5 Å². The molecule has 0 amide bonds. The van der Waals surface area contributed by atoms with E-state index in [1.54, 1.807) is 0 Å². The zero-order chi connectivity index (χ0) is 14.8.